The van der Waals surface area contributed by atoms with Crippen LogP contribution >= 0.6 is 0 Å². The number of aliphatic hydroxyl groups is 1. The number of amides is 1. The van der Waals surface area contributed by atoms with Crippen molar-refractivity contribution in [2.75, 3.05) is 13.7 Å². The van der Waals surface area contributed by atoms with Gasteiger partial charge in [-0.15, -0.1) is 0 Å². The molecule has 0 heterocycles. The SMILES string of the molecule is COc1ccc(C[C@](C)(O)CNC(=O)c2ccccc2S(=O)(=O)C(F)F)cc1. The van der Waals surface area contributed by atoms with Crippen molar-refractivity contribution in [3.63, 3.8) is 0 Å². The number of halogens is 2. The number of carbonyl (C=O) groups excluding carboxylic acids is 1. The summed E-state index contributed by atoms with van der Waals surface area (Å²) < 4.78 is 54.3. The highest BCUT2D eigenvalue weighted by Gasteiger charge is 2.31. The van der Waals surface area contributed by atoms with E-state index >= 15 is 0 Å². The first kappa shape index (κ1) is 21.8. The van der Waals surface area contributed by atoms with E-state index in [-0.39, 0.29) is 13.0 Å². The lowest BCUT2D eigenvalue weighted by Crippen LogP contribution is -2.42. The molecular weight excluding hydrogens is 392 g/mol. The zero-order valence-electron chi connectivity index (χ0n) is 15.4. The van der Waals surface area contributed by atoms with E-state index < -0.39 is 37.6 Å². The van der Waals surface area contributed by atoms with Crippen molar-refractivity contribution in [2.24, 2.45) is 0 Å². The molecule has 1 amide bonds. The van der Waals surface area contributed by atoms with Gasteiger partial charge in [0.15, 0.2) is 0 Å². The molecule has 0 spiro atoms. The molecule has 28 heavy (non-hydrogen) atoms. The van der Waals surface area contributed by atoms with Crippen molar-refractivity contribution in [1.29, 1.82) is 0 Å². The summed E-state index contributed by atoms with van der Waals surface area (Å²) >= 11 is 0. The highest BCUT2D eigenvalue weighted by molar-refractivity contribution is 7.91. The van der Waals surface area contributed by atoms with Crippen LogP contribution in [0.1, 0.15) is 22.8 Å². The molecule has 152 valence electrons. The van der Waals surface area contributed by atoms with Gasteiger partial charge in [-0.2, -0.15) is 8.78 Å². The Morgan fingerprint density at radius 2 is 1.79 bits per heavy atom. The Balaban J connectivity index is 2.11. The lowest BCUT2D eigenvalue weighted by molar-refractivity contribution is 0.0551. The van der Waals surface area contributed by atoms with Gasteiger partial charge >= 0.3 is 5.76 Å². The monoisotopic (exact) mass is 413 g/mol. The molecule has 0 aliphatic rings. The minimum Gasteiger partial charge on any atom is -0.497 e. The third-order valence-corrected chi connectivity index (χ3v) is 5.48. The van der Waals surface area contributed by atoms with Gasteiger partial charge in [0.05, 0.1) is 23.2 Å². The topological polar surface area (TPSA) is 92.7 Å². The van der Waals surface area contributed by atoms with Gasteiger partial charge in [-0.05, 0) is 36.8 Å². The fraction of sp³-hybridized carbons (Fsp3) is 0.316. The Kier molecular flexibility index (Phi) is 6.73. The van der Waals surface area contributed by atoms with Gasteiger partial charge < -0.3 is 15.2 Å². The molecule has 6 nitrogen and oxygen atoms in total. The van der Waals surface area contributed by atoms with E-state index in [0.29, 0.717) is 5.75 Å². The van der Waals surface area contributed by atoms with E-state index in [9.17, 15) is 27.1 Å². The summed E-state index contributed by atoms with van der Waals surface area (Å²) in [5, 5.41) is 12.9. The number of carbonyl (C=O) groups is 1. The van der Waals surface area contributed by atoms with Crippen LogP contribution in [0.25, 0.3) is 0 Å². The number of benzene rings is 2. The fourth-order valence-electron chi connectivity index (χ4n) is 2.61. The maximum absolute atomic E-state index is 12.8. The lowest BCUT2D eigenvalue weighted by Gasteiger charge is -2.24. The second-order valence-electron chi connectivity index (χ2n) is 6.51. The standard InChI is InChI=1S/C19H21F2NO5S/c1-19(24,11-13-7-9-14(27-2)10-8-13)12-22-17(23)15-5-3-4-6-16(15)28(25,26)18(20)21/h3-10,18,24H,11-12H2,1-2H3,(H,22,23)/t19-/m0/s1. The van der Waals surface area contributed by atoms with Crippen molar-refractivity contribution in [3.8, 4) is 5.75 Å². The average Bonchev–Trinajstić information content (AvgIpc) is 2.66. The average molecular weight is 413 g/mol. The summed E-state index contributed by atoms with van der Waals surface area (Å²) in [4.78, 5) is 11.6. The first-order chi connectivity index (χ1) is 13.1. The van der Waals surface area contributed by atoms with Gasteiger partial charge in [-0.25, -0.2) is 8.42 Å². The first-order valence-corrected chi connectivity index (χ1v) is 9.86. The van der Waals surface area contributed by atoms with Gasteiger partial charge in [0.2, 0.25) is 9.84 Å². The van der Waals surface area contributed by atoms with Crippen molar-refractivity contribution in [2.45, 2.75) is 29.6 Å². The molecule has 0 saturated heterocycles. The molecule has 0 fully saturated rings. The molecule has 1 atom stereocenters. The number of alkyl halides is 2. The number of sulfone groups is 1. The van der Waals surface area contributed by atoms with Gasteiger partial charge in [0, 0.05) is 13.0 Å². The summed E-state index contributed by atoms with van der Waals surface area (Å²) in [5.41, 5.74) is -0.954. The summed E-state index contributed by atoms with van der Waals surface area (Å²) in [7, 11) is -3.40. The Bertz CT molecular complexity index is 928. The van der Waals surface area contributed by atoms with Crippen molar-refractivity contribution in [1.82, 2.24) is 5.32 Å². The third-order valence-electron chi connectivity index (χ3n) is 4.05. The molecule has 0 aromatic heterocycles. The summed E-state index contributed by atoms with van der Waals surface area (Å²) in [6.07, 6.45) is 0.203. The zero-order chi connectivity index (χ0) is 20.9. The molecule has 2 N–H and O–H groups in total. The van der Waals surface area contributed by atoms with Crippen LogP contribution in [0.2, 0.25) is 0 Å². The van der Waals surface area contributed by atoms with Crippen LogP contribution in [-0.4, -0.2) is 44.4 Å². The van der Waals surface area contributed by atoms with Crippen molar-refractivity contribution in [3.05, 3.63) is 59.7 Å². The highest BCUT2D eigenvalue weighted by atomic mass is 32.2. The van der Waals surface area contributed by atoms with E-state index in [1.807, 2.05) is 0 Å². The quantitative estimate of drug-likeness (QED) is 0.693. The Morgan fingerprint density at radius 3 is 2.36 bits per heavy atom. The van der Waals surface area contributed by atoms with Crippen molar-refractivity contribution >= 4 is 15.7 Å². The fourth-order valence-corrected chi connectivity index (χ4v) is 3.54. The second-order valence-corrected chi connectivity index (χ2v) is 8.39. The van der Waals surface area contributed by atoms with E-state index in [1.165, 1.54) is 26.2 Å². The van der Waals surface area contributed by atoms with Crippen LogP contribution in [0.3, 0.4) is 0 Å². The molecule has 0 aliphatic heterocycles. The van der Waals surface area contributed by atoms with Gasteiger partial charge in [0.1, 0.15) is 5.75 Å². The Hall–Kier alpha value is -2.52. The number of ether oxygens (including phenoxy) is 1. The highest BCUT2D eigenvalue weighted by Crippen LogP contribution is 2.22. The van der Waals surface area contributed by atoms with Gasteiger partial charge in [0.25, 0.3) is 5.91 Å². The smallest absolute Gasteiger partial charge is 0.341 e. The lowest BCUT2D eigenvalue weighted by atomic mass is 9.96. The van der Waals surface area contributed by atoms with Gasteiger partial charge in [-0.1, -0.05) is 24.3 Å². The van der Waals surface area contributed by atoms with E-state index in [4.69, 9.17) is 4.74 Å². The third kappa shape index (κ3) is 5.26. The molecule has 2 aromatic carbocycles. The Morgan fingerprint density at radius 1 is 1.18 bits per heavy atom. The molecule has 0 aliphatic carbocycles. The summed E-state index contributed by atoms with van der Waals surface area (Å²) in [6.45, 7) is 1.29. The second kappa shape index (κ2) is 8.66. The van der Waals surface area contributed by atoms with Crippen LogP contribution in [0.5, 0.6) is 5.75 Å². The van der Waals surface area contributed by atoms with Crippen LogP contribution in [0, 0.1) is 0 Å². The van der Waals surface area contributed by atoms with Crippen LogP contribution in [-0.2, 0) is 16.3 Å². The number of rotatable bonds is 8. The number of hydrogen-bond acceptors (Lipinski definition) is 5. The molecule has 0 saturated carbocycles. The normalized spacial score (nSPS) is 13.8. The maximum atomic E-state index is 12.8. The zero-order valence-corrected chi connectivity index (χ0v) is 16.2. The summed E-state index contributed by atoms with van der Waals surface area (Å²) in [6, 6.07) is 11.7. The molecule has 0 radical (unpaired) electrons. The number of methoxy groups -OCH3 is 1. The molecule has 9 heteroatoms. The number of nitrogens with one attached hydrogen (secondary N) is 1. The van der Waals surface area contributed by atoms with Crippen LogP contribution in [0.4, 0.5) is 8.78 Å². The van der Waals surface area contributed by atoms with Crippen molar-refractivity contribution < 1.29 is 31.8 Å². The predicted octanol–water partition coefficient (Wildman–Crippen LogP) is 2.42. The first-order valence-electron chi connectivity index (χ1n) is 8.31. The van der Waals surface area contributed by atoms with E-state index in [0.717, 1.165) is 17.7 Å². The number of hydrogen-bond donors (Lipinski definition) is 2. The molecule has 2 rings (SSSR count). The minimum atomic E-state index is -4.93. The largest absolute Gasteiger partial charge is 0.497 e. The maximum Gasteiger partial charge on any atom is 0.341 e. The van der Waals surface area contributed by atoms with Crippen LogP contribution < -0.4 is 10.1 Å². The molecule has 0 unspecified atom stereocenters. The van der Waals surface area contributed by atoms with Crippen LogP contribution in [0.15, 0.2) is 53.4 Å². The molecule has 2 aromatic rings. The van der Waals surface area contributed by atoms with E-state index in [2.05, 4.69) is 5.32 Å². The Labute approximate surface area is 162 Å². The minimum absolute atomic E-state index is 0.203. The van der Waals surface area contributed by atoms with E-state index in [1.54, 1.807) is 24.3 Å². The van der Waals surface area contributed by atoms with Gasteiger partial charge in [-0.3, -0.25) is 4.79 Å². The molecule has 0 bridgehead atoms. The molecular formula is C19H21F2NO5S. The summed E-state index contributed by atoms with van der Waals surface area (Å²) in [5.74, 6) is -3.84. The predicted molar refractivity (Wildman–Crippen MR) is 99.3 cm³/mol.